The van der Waals surface area contributed by atoms with Crippen LogP contribution in [-0.2, 0) is 21.2 Å². The molecule has 0 aliphatic heterocycles. The average Bonchev–Trinajstić information content (AvgIpc) is 2.75. The van der Waals surface area contributed by atoms with Crippen LogP contribution < -0.4 is 14.8 Å². The Balaban J connectivity index is 1.53. The standard InChI is InChI=1S/C23H24N2O4S/c1-29-21-14-10-20(11-15-21)25-30(27,28)22-16-12-19(13-17-22)24-23(26)9-5-8-18-6-3-2-4-7-18/h2-4,6-7,10-17,25H,5,8-9H2,1H3,(H,24,26). The lowest BCUT2D eigenvalue weighted by Crippen LogP contribution is -2.14. The molecule has 0 aromatic heterocycles. The van der Waals surface area contributed by atoms with Gasteiger partial charge in [-0.25, -0.2) is 8.42 Å². The molecule has 0 heterocycles. The number of ether oxygens (including phenoxy) is 1. The van der Waals surface area contributed by atoms with Crippen LogP contribution in [0.1, 0.15) is 18.4 Å². The number of carbonyl (C=O) groups is 1. The van der Waals surface area contributed by atoms with Gasteiger partial charge in [-0.15, -0.1) is 0 Å². The highest BCUT2D eigenvalue weighted by Crippen LogP contribution is 2.20. The fraction of sp³-hybridized carbons (Fsp3) is 0.174. The van der Waals surface area contributed by atoms with Crippen molar-refractivity contribution >= 4 is 27.3 Å². The van der Waals surface area contributed by atoms with Crippen molar-refractivity contribution in [2.75, 3.05) is 17.1 Å². The molecular formula is C23H24N2O4S. The molecule has 0 unspecified atom stereocenters. The topological polar surface area (TPSA) is 84.5 Å². The zero-order valence-electron chi connectivity index (χ0n) is 16.7. The first-order chi connectivity index (χ1) is 14.5. The second-order valence-electron chi connectivity index (χ2n) is 6.75. The maximum atomic E-state index is 12.5. The van der Waals surface area contributed by atoms with Crippen molar-refractivity contribution in [2.45, 2.75) is 24.2 Å². The Kier molecular flexibility index (Phi) is 7.08. The Hall–Kier alpha value is -3.32. The van der Waals surface area contributed by atoms with E-state index in [-0.39, 0.29) is 10.8 Å². The Bertz CT molecular complexity index is 1060. The zero-order valence-corrected chi connectivity index (χ0v) is 17.5. The van der Waals surface area contributed by atoms with Crippen LogP contribution in [-0.4, -0.2) is 21.4 Å². The van der Waals surface area contributed by atoms with Crippen molar-refractivity contribution < 1.29 is 17.9 Å². The van der Waals surface area contributed by atoms with Gasteiger partial charge in [0, 0.05) is 17.8 Å². The predicted molar refractivity (Wildman–Crippen MR) is 118 cm³/mol. The number of benzene rings is 3. The van der Waals surface area contributed by atoms with Gasteiger partial charge in [-0.2, -0.15) is 0 Å². The fourth-order valence-corrected chi connectivity index (χ4v) is 3.97. The molecule has 0 radical (unpaired) electrons. The Morgan fingerprint density at radius 3 is 2.13 bits per heavy atom. The molecule has 0 saturated carbocycles. The quantitative estimate of drug-likeness (QED) is 0.531. The molecule has 0 saturated heterocycles. The van der Waals surface area contributed by atoms with Crippen LogP contribution >= 0.6 is 0 Å². The van der Waals surface area contributed by atoms with Crippen LogP contribution in [0.3, 0.4) is 0 Å². The monoisotopic (exact) mass is 424 g/mol. The normalized spacial score (nSPS) is 11.0. The fourth-order valence-electron chi connectivity index (χ4n) is 2.91. The average molecular weight is 425 g/mol. The molecule has 0 bridgehead atoms. The van der Waals surface area contributed by atoms with Crippen molar-refractivity contribution in [3.05, 3.63) is 84.4 Å². The predicted octanol–water partition coefficient (Wildman–Crippen LogP) is 4.46. The van der Waals surface area contributed by atoms with E-state index >= 15 is 0 Å². The maximum Gasteiger partial charge on any atom is 0.261 e. The molecule has 156 valence electrons. The Labute approximate surface area is 177 Å². The van der Waals surface area contributed by atoms with Crippen LogP contribution in [0, 0.1) is 0 Å². The summed E-state index contributed by atoms with van der Waals surface area (Å²) in [6, 6.07) is 22.7. The number of aryl methyl sites for hydroxylation is 1. The number of methoxy groups -OCH3 is 1. The molecule has 2 N–H and O–H groups in total. The van der Waals surface area contributed by atoms with Crippen LogP contribution in [0.15, 0.2) is 83.8 Å². The zero-order chi connectivity index (χ0) is 21.4. The van der Waals surface area contributed by atoms with Crippen molar-refractivity contribution in [3.63, 3.8) is 0 Å². The molecular weight excluding hydrogens is 400 g/mol. The number of hydrogen-bond donors (Lipinski definition) is 2. The smallest absolute Gasteiger partial charge is 0.261 e. The van der Waals surface area contributed by atoms with E-state index in [1.54, 1.807) is 43.5 Å². The lowest BCUT2D eigenvalue weighted by Gasteiger charge is -2.10. The summed E-state index contributed by atoms with van der Waals surface area (Å²) in [6.07, 6.45) is 1.98. The van der Waals surface area contributed by atoms with E-state index < -0.39 is 10.0 Å². The second kappa shape index (κ2) is 9.93. The van der Waals surface area contributed by atoms with E-state index in [2.05, 4.69) is 10.0 Å². The highest BCUT2D eigenvalue weighted by molar-refractivity contribution is 7.92. The van der Waals surface area contributed by atoms with Crippen molar-refractivity contribution in [2.24, 2.45) is 0 Å². The summed E-state index contributed by atoms with van der Waals surface area (Å²) in [5.74, 6) is 0.541. The first-order valence-corrected chi connectivity index (χ1v) is 11.1. The number of anilines is 2. The van der Waals surface area contributed by atoms with Gasteiger partial charge in [0.25, 0.3) is 10.0 Å². The van der Waals surface area contributed by atoms with Gasteiger partial charge in [0.15, 0.2) is 0 Å². The van der Waals surface area contributed by atoms with Gasteiger partial charge in [0.05, 0.1) is 12.0 Å². The summed E-state index contributed by atoms with van der Waals surface area (Å²) >= 11 is 0. The molecule has 6 nitrogen and oxygen atoms in total. The molecule has 0 spiro atoms. The van der Waals surface area contributed by atoms with Crippen molar-refractivity contribution in [3.8, 4) is 5.75 Å². The van der Waals surface area contributed by atoms with E-state index in [0.717, 1.165) is 12.8 Å². The number of sulfonamides is 1. The Morgan fingerprint density at radius 2 is 1.50 bits per heavy atom. The summed E-state index contributed by atoms with van der Waals surface area (Å²) in [6.45, 7) is 0. The molecule has 3 rings (SSSR count). The van der Waals surface area contributed by atoms with Gasteiger partial charge in [-0.1, -0.05) is 30.3 Å². The highest BCUT2D eigenvalue weighted by atomic mass is 32.2. The number of rotatable bonds is 9. The summed E-state index contributed by atoms with van der Waals surface area (Å²) < 4.78 is 32.7. The van der Waals surface area contributed by atoms with Crippen LogP contribution in [0.4, 0.5) is 11.4 Å². The number of nitrogens with one attached hydrogen (secondary N) is 2. The molecule has 7 heteroatoms. The Morgan fingerprint density at radius 1 is 0.867 bits per heavy atom. The van der Waals surface area contributed by atoms with Crippen molar-refractivity contribution in [1.82, 2.24) is 0 Å². The molecule has 30 heavy (non-hydrogen) atoms. The van der Waals surface area contributed by atoms with Gasteiger partial charge in [0.1, 0.15) is 5.75 Å². The summed E-state index contributed by atoms with van der Waals surface area (Å²) in [7, 11) is -2.18. The summed E-state index contributed by atoms with van der Waals surface area (Å²) in [5, 5.41) is 2.80. The minimum absolute atomic E-state index is 0.0992. The first kappa shape index (κ1) is 21.4. The van der Waals surface area contributed by atoms with E-state index in [9.17, 15) is 13.2 Å². The third kappa shape index (κ3) is 6.09. The SMILES string of the molecule is COc1ccc(NS(=O)(=O)c2ccc(NC(=O)CCCc3ccccc3)cc2)cc1. The summed E-state index contributed by atoms with van der Waals surface area (Å²) in [4.78, 5) is 12.2. The third-order valence-corrected chi connectivity index (χ3v) is 5.90. The molecule has 0 aliphatic carbocycles. The third-order valence-electron chi connectivity index (χ3n) is 4.50. The van der Waals surface area contributed by atoms with E-state index in [1.165, 1.54) is 17.7 Å². The van der Waals surface area contributed by atoms with Gasteiger partial charge in [-0.3, -0.25) is 9.52 Å². The van der Waals surface area contributed by atoms with Crippen LogP contribution in [0.2, 0.25) is 0 Å². The van der Waals surface area contributed by atoms with Gasteiger partial charge in [-0.05, 0) is 66.9 Å². The highest BCUT2D eigenvalue weighted by Gasteiger charge is 2.14. The minimum atomic E-state index is -3.73. The van der Waals surface area contributed by atoms with E-state index in [0.29, 0.717) is 23.5 Å². The number of carbonyl (C=O) groups excluding carboxylic acids is 1. The molecule has 3 aromatic carbocycles. The minimum Gasteiger partial charge on any atom is -0.497 e. The molecule has 1 amide bonds. The molecule has 0 fully saturated rings. The van der Waals surface area contributed by atoms with Crippen molar-refractivity contribution in [1.29, 1.82) is 0 Å². The lowest BCUT2D eigenvalue weighted by atomic mass is 10.1. The molecule has 0 aliphatic rings. The second-order valence-corrected chi connectivity index (χ2v) is 8.43. The van der Waals surface area contributed by atoms with E-state index in [1.807, 2.05) is 30.3 Å². The molecule has 3 aromatic rings. The number of hydrogen-bond acceptors (Lipinski definition) is 4. The molecule has 0 atom stereocenters. The van der Waals surface area contributed by atoms with E-state index in [4.69, 9.17) is 4.74 Å². The first-order valence-electron chi connectivity index (χ1n) is 9.57. The van der Waals surface area contributed by atoms with Gasteiger partial charge >= 0.3 is 0 Å². The van der Waals surface area contributed by atoms with Crippen LogP contribution in [0.25, 0.3) is 0 Å². The summed E-state index contributed by atoms with van der Waals surface area (Å²) in [5.41, 5.74) is 2.19. The van der Waals surface area contributed by atoms with Gasteiger partial charge in [0.2, 0.25) is 5.91 Å². The number of amides is 1. The van der Waals surface area contributed by atoms with Crippen LogP contribution in [0.5, 0.6) is 5.75 Å². The van der Waals surface area contributed by atoms with Gasteiger partial charge < -0.3 is 10.1 Å². The largest absolute Gasteiger partial charge is 0.497 e. The lowest BCUT2D eigenvalue weighted by molar-refractivity contribution is -0.116. The maximum absolute atomic E-state index is 12.5.